The number of rotatable bonds is 2. The Morgan fingerprint density at radius 3 is 2.56 bits per heavy atom. The van der Waals surface area contributed by atoms with E-state index in [0.717, 1.165) is 12.0 Å². The van der Waals surface area contributed by atoms with Crippen LogP contribution in [0.4, 0.5) is 13.2 Å². The van der Waals surface area contributed by atoms with E-state index in [9.17, 15) is 18.0 Å². The molecule has 0 bridgehead atoms. The van der Waals surface area contributed by atoms with Crippen molar-refractivity contribution in [3.63, 3.8) is 0 Å². The van der Waals surface area contributed by atoms with Crippen LogP contribution in [-0.4, -0.2) is 23.4 Å². The smallest absolute Gasteiger partial charge is 0.373 e. The van der Waals surface area contributed by atoms with Gasteiger partial charge in [-0.3, -0.25) is 4.79 Å². The largest absolute Gasteiger partial charge is 0.454 e. The van der Waals surface area contributed by atoms with Gasteiger partial charge in [0.05, 0.1) is 0 Å². The first-order valence-corrected chi connectivity index (χ1v) is 5.57. The molecule has 0 amide bonds. The number of benzene rings is 1. The van der Waals surface area contributed by atoms with Crippen molar-refractivity contribution < 1.29 is 18.0 Å². The number of allylic oxidation sites excluding steroid dienone is 1. The van der Waals surface area contributed by atoms with Crippen molar-refractivity contribution in [1.29, 1.82) is 0 Å². The average molecular weight is 255 g/mol. The van der Waals surface area contributed by atoms with Crippen molar-refractivity contribution >= 4 is 5.78 Å². The number of ketones is 1. The summed E-state index contributed by atoms with van der Waals surface area (Å²) in [6.45, 7) is 1.16. The Hall–Kier alpha value is -1.78. The quantitative estimate of drug-likeness (QED) is 0.757. The molecular formula is C13H12F3NO. The summed E-state index contributed by atoms with van der Waals surface area (Å²) in [6, 6.07) is 7.79. The fraction of sp³-hybridized carbons (Fsp3) is 0.308. The third-order valence-electron chi connectivity index (χ3n) is 2.88. The first-order valence-electron chi connectivity index (χ1n) is 5.57. The van der Waals surface area contributed by atoms with Gasteiger partial charge in [0.25, 0.3) is 5.78 Å². The predicted molar refractivity (Wildman–Crippen MR) is 60.8 cm³/mol. The summed E-state index contributed by atoms with van der Waals surface area (Å²) < 4.78 is 36.1. The van der Waals surface area contributed by atoms with Crippen LogP contribution in [0.15, 0.2) is 36.5 Å². The molecule has 0 spiro atoms. The van der Waals surface area contributed by atoms with Crippen LogP contribution < -0.4 is 0 Å². The van der Waals surface area contributed by atoms with E-state index in [1.54, 1.807) is 4.90 Å². The van der Waals surface area contributed by atoms with Crippen molar-refractivity contribution in [2.45, 2.75) is 19.1 Å². The lowest BCUT2D eigenvalue weighted by Crippen LogP contribution is -2.27. The second-order valence-corrected chi connectivity index (χ2v) is 4.17. The predicted octanol–water partition coefficient (Wildman–Crippen LogP) is 2.69. The summed E-state index contributed by atoms with van der Waals surface area (Å²) in [5, 5.41) is 0. The van der Waals surface area contributed by atoms with Gasteiger partial charge < -0.3 is 4.90 Å². The molecule has 0 fully saturated rings. The first kappa shape index (κ1) is 12.7. The van der Waals surface area contributed by atoms with E-state index < -0.39 is 12.0 Å². The van der Waals surface area contributed by atoms with Gasteiger partial charge >= 0.3 is 6.18 Å². The van der Waals surface area contributed by atoms with E-state index in [1.807, 2.05) is 24.3 Å². The van der Waals surface area contributed by atoms with E-state index in [1.165, 1.54) is 11.8 Å². The highest BCUT2D eigenvalue weighted by atomic mass is 19.4. The number of fused-ring (bicyclic) bond motifs is 1. The van der Waals surface area contributed by atoms with Gasteiger partial charge in [0, 0.05) is 25.4 Å². The van der Waals surface area contributed by atoms with Crippen LogP contribution in [0.2, 0.25) is 0 Å². The fourth-order valence-electron chi connectivity index (χ4n) is 1.91. The van der Waals surface area contributed by atoms with E-state index in [-0.39, 0.29) is 0 Å². The second kappa shape index (κ2) is 4.84. The summed E-state index contributed by atoms with van der Waals surface area (Å²) >= 11 is 0. The summed E-state index contributed by atoms with van der Waals surface area (Å²) in [7, 11) is 0. The van der Waals surface area contributed by atoms with Gasteiger partial charge in [-0.2, -0.15) is 13.2 Å². The molecule has 0 unspecified atom stereocenters. The van der Waals surface area contributed by atoms with Crippen LogP contribution in [-0.2, 0) is 17.8 Å². The second-order valence-electron chi connectivity index (χ2n) is 4.17. The Bertz CT molecular complexity index is 479. The first-order chi connectivity index (χ1) is 8.47. The highest BCUT2D eigenvalue weighted by molar-refractivity contribution is 5.94. The maximum absolute atomic E-state index is 12.0. The highest BCUT2D eigenvalue weighted by Crippen LogP contribution is 2.20. The van der Waals surface area contributed by atoms with E-state index in [2.05, 4.69) is 0 Å². The van der Waals surface area contributed by atoms with Gasteiger partial charge in [0.2, 0.25) is 0 Å². The van der Waals surface area contributed by atoms with E-state index >= 15 is 0 Å². The molecule has 0 saturated heterocycles. The highest BCUT2D eigenvalue weighted by Gasteiger charge is 2.36. The number of hydrogen-bond donors (Lipinski definition) is 0. The molecule has 1 aromatic carbocycles. The molecule has 2 rings (SSSR count). The monoisotopic (exact) mass is 255 g/mol. The molecule has 0 radical (unpaired) electrons. The zero-order valence-corrected chi connectivity index (χ0v) is 9.57. The van der Waals surface area contributed by atoms with Gasteiger partial charge in [-0.1, -0.05) is 24.3 Å². The lowest BCUT2D eigenvalue weighted by atomic mass is 10.0. The molecule has 1 heterocycles. The number of halogens is 3. The third-order valence-corrected chi connectivity index (χ3v) is 2.88. The van der Waals surface area contributed by atoms with Gasteiger partial charge in [-0.15, -0.1) is 0 Å². The van der Waals surface area contributed by atoms with Crippen molar-refractivity contribution in [3.8, 4) is 0 Å². The van der Waals surface area contributed by atoms with Crippen LogP contribution in [0.3, 0.4) is 0 Å². The van der Waals surface area contributed by atoms with Crippen LogP contribution in [0.25, 0.3) is 0 Å². The maximum atomic E-state index is 12.0. The van der Waals surface area contributed by atoms with Gasteiger partial charge in [0.15, 0.2) is 0 Å². The Kier molecular flexibility index (Phi) is 3.41. The number of carbonyl (C=O) groups excluding carboxylic acids is 1. The lowest BCUT2D eigenvalue weighted by Gasteiger charge is -2.27. The summed E-state index contributed by atoms with van der Waals surface area (Å²) in [4.78, 5) is 12.4. The minimum Gasteiger partial charge on any atom is -0.373 e. The molecular weight excluding hydrogens is 243 g/mol. The Labute approximate surface area is 103 Å². The lowest BCUT2D eigenvalue weighted by molar-refractivity contribution is -0.165. The number of hydrogen-bond acceptors (Lipinski definition) is 2. The maximum Gasteiger partial charge on any atom is 0.454 e. The Morgan fingerprint density at radius 1 is 1.22 bits per heavy atom. The standard InChI is InChI=1S/C13H12F3NO/c14-13(15,16)12(18)6-8-17-7-5-10-3-1-2-4-11(10)9-17/h1-4,6,8H,5,7,9H2/b8-6+. The normalized spacial score (nSPS) is 15.8. The van der Waals surface area contributed by atoms with Crippen LogP contribution in [0, 0.1) is 0 Å². The van der Waals surface area contributed by atoms with Crippen molar-refractivity contribution in [3.05, 3.63) is 47.7 Å². The Morgan fingerprint density at radius 2 is 1.89 bits per heavy atom. The minimum atomic E-state index is -4.79. The van der Waals surface area contributed by atoms with Crippen LogP contribution >= 0.6 is 0 Å². The third kappa shape index (κ3) is 2.91. The molecule has 0 aliphatic carbocycles. The number of carbonyl (C=O) groups is 1. The molecule has 0 atom stereocenters. The molecule has 18 heavy (non-hydrogen) atoms. The zero-order valence-electron chi connectivity index (χ0n) is 9.57. The SMILES string of the molecule is O=C(/C=C/N1CCc2ccccc2C1)C(F)(F)F. The van der Waals surface area contributed by atoms with Crippen LogP contribution in [0.1, 0.15) is 11.1 Å². The summed E-state index contributed by atoms with van der Waals surface area (Å²) in [5.74, 6) is -1.82. The molecule has 1 aliphatic rings. The Balaban J connectivity index is 2.02. The molecule has 96 valence electrons. The topological polar surface area (TPSA) is 20.3 Å². The van der Waals surface area contributed by atoms with E-state index in [0.29, 0.717) is 19.2 Å². The molecule has 2 nitrogen and oxygen atoms in total. The minimum absolute atomic E-state index is 0.539. The molecule has 5 heteroatoms. The zero-order chi connectivity index (χ0) is 13.2. The number of nitrogens with zero attached hydrogens (tertiary/aromatic N) is 1. The summed E-state index contributed by atoms with van der Waals surface area (Å²) in [6.07, 6.45) is -2.19. The fourth-order valence-corrected chi connectivity index (χ4v) is 1.91. The molecule has 1 aliphatic heterocycles. The van der Waals surface area contributed by atoms with Crippen LogP contribution in [0.5, 0.6) is 0 Å². The van der Waals surface area contributed by atoms with Gasteiger partial charge in [0.1, 0.15) is 0 Å². The average Bonchev–Trinajstić information content (AvgIpc) is 2.34. The molecule has 0 saturated carbocycles. The molecule has 1 aromatic rings. The van der Waals surface area contributed by atoms with Crippen molar-refractivity contribution in [2.24, 2.45) is 0 Å². The van der Waals surface area contributed by atoms with E-state index in [4.69, 9.17) is 0 Å². The number of alkyl halides is 3. The van der Waals surface area contributed by atoms with Gasteiger partial charge in [-0.05, 0) is 17.5 Å². The van der Waals surface area contributed by atoms with Crippen molar-refractivity contribution in [2.75, 3.05) is 6.54 Å². The molecule has 0 aromatic heterocycles. The van der Waals surface area contributed by atoms with Gasteiger partial charge in [-0.25, -0.2) is 0 Å². The molecule has 0 N–H and O–H groups in total. The van der Waals surface area contributed by atoms with Crippen molar-refractivity contribution in [1.82, 2.24) is 4.90 Å². The summed E-state index contributed by atoms with van der Waals surface area (Å²) in [5.41, 5.74) is 2.30.